The Balaban J connectivity index is 1.47. The summed E-state index contributed by atoms with van der Waals surface area (Å²) < 4.78 is 5.94. The Kier molecular flexibility index (Phi) is 7.68. The van der Waals surface area contributed by atoms with Crippen LogP contribution in [0.1, 0.15) is 23.6 Å². The molecule has 6 heteroatoms. The lowest BCUT2D eigenvalue weighted by atomic mass is 10.1. The van der Waals surface area contributed by atoms with Gasteiger partial charge in [0.2, 0.25) is 0 Å². The average Bonchev–Trinajstić information content (AvgIpc) is 3.36. The largest absolute Gasteiger partial charge is 0.483 e. The van der Waals surface area contributed by atoms with Gasteiger partial charge >= 0.3 is 0 Å². The van der Waals surface area contributed by atoms with E-state index in [2.05, 4.69) is 76.8 Å². The van der Waals surface area contributed by atoms with Gasteiger partial charge in [-0.3, -0.25) is 9.69 Å². The highest BCUT2D eigenvalue weighted by Gasteiger charge is 2.20. The quantitative estimate of drug-likeness (QED) is 0.518. The van der Waals surface area contributed by atoms with Crippen LogP contribution in [0.3, 0.4) is 0 Å². The summed E-state index contributed by atoms with van der Waals surface area (Å²) >= 11 is 1.74. The van der Waals surface area contributed by atoms with Crippen molar-refractivity contribution >= 4 is 22.9 Å². The molecule has 5 nitrogen and oxygen atoms in total. The fourth-order valence-electron chi connectivity index (χ4n) is 4.30. The smallest absolute Gasteiger partial charge is 0.257 e. The molecule has 0 radical (unpaired) electrons. The van der Waals surface area contributed by atoms with Crippen LogP contribution in [0.4, 0.5) is 5.69 Å². The first-order valence-electron chi connectivity index (χ1n) is 11.6. The monoisotopic (exact) mass is 463 g/mol. The number of amides is 1. The fourth-order valence-corrected chi connectivity index (χ4v) is 5.02. The van der Waals surface area contributed by atoms with Crippen molar-refractivity contribution in [2.45, 2.75) is 27.3 Å². The molecule has 1 aromatic heterocycles. The summed E-state index contributed by atoms with van der Waals surface area (Å²) in [5, 5.41) is 4.90. The molecule has 2 aromatic carbocycles. The van der Waals surface area contributed by atoms with Gasteiger partial charge in [-0.05, 0) is 73.2 Å². The van der Waals surface area contributed by atoms with Crippen molar-refractivity contribution in [2.24, 2.45) is 0 Å². The summed E-state index contributed by atoms with van der Waals surface area (Å²) in [5.41, 5.74) is 6.38. The Morgan fingerprint density at radius 2 is 1.88 bits per heavy atom. The molecular weight excluding hydrogens is 430 g/mol. The molecule has 1 saturated heterocycles. The molecule has 1 amide bonds. The number of anilines is 1. The number of piperazine rings is 1. The summed E-state index contributed by atoms with van der Waals surface area (Å²) in [7, 11) is 0. The first-order chi connectivity index (χ1) is 16.0. The predicted octanol–water partition coefficient (Wildman–Crippen LogP) is 4.87. The van der Waals surface area contributed by atoms with Crippen LogP contribution in [0, 0.1) is 13.8 Å². The first kappa shape index (κ1) is 23.3. The molecule has 0 spiro atoms. The number of ether oxygens (including phenoxy) is 1. The van der Waals surface area contributed by atoms with E-state index in [0.717, 1.165) is 44.0 Å². The highest BCUT2D eigenvalue weighted by molar-refractivity contribution is 7.13. The van der Waals surface area contributed by atoms with Gasteiger partial charge in [0.25, 0.3) is 5.91 Å². The predicted molar refractivity (Wildman–Crippen MR) is 137 cm³/mol. The molecule has 2 heterocycles. The van der Waals surface area contributed by atoms with E-state index < -0.39 is 0 Å². The molecule has 1 N–H and O–H groups in total. The maximum atomic E-state index is 11.9. The molecule has 0 aliphatic carbocycles. The number of aryl methyl sites for hydroxylation is 1. The second kappa shape index (κ2) is 10.9. The number of hydrogen-bond acceptors (Lipinski definition) is 5. The highest BCUT2D eigenvalue weighted by Crippen LogP contribution is 2.31. The van der Waals surface area contributed by atoms with Crippen LogP contribution >= 0.6 is 11.3 Å². The maximum Gasteiger partial charge on any atom is 0.257 e. The van der Waals surface area contributed by atoms with E-state index in [-0.39, 0.29) is 12.5 Å². The van der Waals surface area contributed by atoms with Crippen LogP contribution in [-0.2, 0) is 11.3 Å². The topological polar surface area (TPSA) is 44.8 Å². The minimum atomic E-state index is -0.0899. The Bertz CT molecular complexity index is 1070. The van der Waals surface area contributed by atoms with Crippen LogP contribution in [0.2, 0.25) is 0 Å². The summed E-state index contributed by atoms with van der Waals surface area (Å²) in [6, 6.07) is 17.1. The Morgan fingerprint density at radius 3 is 2.61 bits per heavy atom. The van der Waals surface area contributed by atoms with Gasteiger partial charge in [0.1, 0.15) is 5.75 Å². The number of carbonyl (C=O) groups excluding carboxylic acids is 1. The maximum absolute atomic E-state index is 11.9. The van der Waals surface area contributed by atoms with Gasteiger partial charge < -0.3 is 15.0 Å². The zero-order valence-electron chi connectivity index (χ0n) is 19.8. The molecule has 3 aromatic rings. The number of rotatable bonds is 8. The normalized spacial score (nSPS) is 14.3. The van der Waals surface area contributed by atoms with Gasteiger partial charge in [-0.2, -0.15) is 0 Å². The van der Waals surface area contributed by atoms with Crippen molar-refractivity contribution in [3.8, 4) is 16.2 Å². The third-order valence-corrected chi connectivity index (χ3v) is 7.20. The molecule has 33 heavy (non-hydrogen) atoms. The number of nitrogens with one attached hydrogen (secondary N) is 1. The third kappa shape index (κ3) is 5.75. The second-order valence-electron chi connectivity index (χ2n) is 8.52. The zero-order valence-corrected chi connectivity index (χ0v) is 20.6. The number of carbonyl (C=O) groups is 1. The molecule has 1 aliphatic heterocycles. The van der Waals surface area contributed by atoms with Gasteiger partial charge in [-0.15, -0.1) is 11.3 Å². The molecule has 174 valence electrons. The minimum absolute atomic E-state index is 0.0413. The number of benzene rings is 2. The van der Waals surface area contributed by atoms with Crippen molar-refractivity contribution in [2.75, 3.05) is 44.2 Å². The lowest BCUT2D eigenvalue weighted by Gasteiger charge is -2.37. The Hall–Kier alpha value is -2.83. The van der Waals surface area contributed by atoms with Gasteiger partial charge in [0.05, 0.1) is 0 Å². The van der Waals surface area contributed by atoms with Gasteiger partial charge in [-0.25, -0.2) is 0 Å². The van der Waals surface area contributed by atoms with Crippen LogP contribution in [0.25, 0.3) is 10.4 Å². The molecule has 1 fully saturated rings. The highest BCUT2D eigenvalue weighted by atomic mass is 32.1. The van der Waals surface area contributed by atoms with E-state index in [4.69, 9.17) is 4.74 Å². The minimum Gasteiger partial charge on any atom is -0.483 e. The first-order valence-corrected chi connectivity index (χ1v) is 12.5. The van der Waals surface area contributed by atoms with E-state index >= 15 is 0 Å². The van der Waals surface area contributed by atoms with Gasteiger partial charge in [0, 0.05) is 55.4 Å². The molecule has 0 unspecified atom stereocenters. The number of thiophene rings is 1. The summed E-state index contributed by atoms with van der Waals surface area (Å²) in [5.74, 6) is 0.700. The van der Waals surface area contributed by atoms with E-state index in [1.807, 2.05) is 13.0 Å². The molecule has 0 atom stereocenters. The Labute approximate surface area is 201 Å². The van der Waals surface area contributed by atoms with Crippen molar-refractivity contribution < 1.29 is 9.53 Å². The second-order valence-corrected chi connectivity index (χ2v) is 9.47. The number of hydrogen-bond donors (Lipinski definition) is 1. The summed E-state index contributed by atoms with van der Waals surface area (Å²) in [6.45, 7) is 11.8. The number of likely N-dealkylation sites (N-methyl/N-ethyl adjacent to an activating group) is 1. The lowest BCUT2D eigenvalue weighted by Crippen LogP contribution is -2.46. The molecule has 0 bridgehead atoms. The SMILES string of the molecule is CCNC(=O)COc1ccc(-c2cccs2)cc1CN1CCN(c2cccc(C)c2C)CC1. The van der Waals surface area contributed by atoms with E-state index in [1.165, 1.54) is 27.3 Å². The van der Waals surface area contributed by atoms with Crippen molar-refractivity contribution in [3.05, 3.63) is 70.6 Å². The van der Waals surface area contributed by atoms with Crippen LogP contribution in [0.5, 0.6) is 5.75 Å². The Morgan fingerprint density at radius 1 is 1.06 bits per heavy atom. The fraction of sp³-hybridized carbons (Fsp3) is 0.370. The third-order valence-electron chi connectivity index (χ3n) is 6.28. The van der Waals surface area contributed by atoms with Crippen LogP contribution < -0.4 is 15.0 Å². The molecule has 1 aliphatic rings. The average molecular weight is 464 g/mol. The van der Waals surface area contributed by atoms with Crippen LogP contribution in [0.15, 0.2) is 53.9 Å². The van der Waals surface area contributed by atoms with Crippen molar-refractivity contribution in [3.63, 3.8) is 0 Å². The molecule has 4 rings (SSSR count). The van der Waals surface area contributed by atoms with E-state index in [0.29, 0.717) is 6.54 Å². The summed E-state index contributed by atoms with van der Waals surface area (Å²) in [6.07, 6.45) is 0. The standard InChI is InChI=1S/C27H33N3O2S/c1-4-28-27(31)19-32-25-11-10-22(26-9-6-16-33-26)17-23(25)18-29-12-14-30(15-13-29)24-8-5-7-20(2)21(24)3/h5-11,16-17H,4,12-15,18-19H2,1-3H3,(H,28,31). The van der Waals surface area contributed by atoms with E-state index in [9.17, 15) is 4.79 Å². The zero-order chi connectivity index (χ0) is 23.2. The van der Waals surface area contributed by atoms with Crippen molar-refractivity contribution in [1.82, 2.24) is 10.2 Å². The molecule has 0 saturated carbocycles. The van der Waals surface area contributed by atoms with E-state index in [1.54, 1.807) is 11.3 Å². The lowest BCUT2D eigenvalue weighted by molar-refractivity contribution is -0.123. The van der Waals surface area contributed by atoms with Gasteiger partial charge in [-0.1, -0.05) is 18.2 Å². The van der Waals surface area contributed by atoms with Crippen molar-refractivity contribution in [1.29, 1.82) is 0 Å². The number of nitrogens with zero attached hydrogens (tertiary/aromatic N) is 2. The van der Waals surface area contributed by atoms with Gasteiger partial charge in [0.15, 0.2) is 6.61 Å². The van der Waals surface area contributed by atoms with Crippen LogP contribution in [-0.4, -0.2) is 50.1 Å². The molecular formula is C27H33N3O2S. The summed E-state index contributed by atoms with van der Waals surface area (Å²) in [4.78, 5) is 18.2.